The summed E-state index contributed by atoms with van der Waals surface area (Å²) in [6.07, 6.45) is 0.749. The molecule has 1 aliphatic rings. The fourth-order valence-corrected chi connectivity index (χ4v) is 2.62. The Bertz CT molecular complexity index is 427. The van der Waals surface area contributed by atoms with Gasteiger partial charge in [-0.25, -0.2) is 4.39 Å². The number of hydrogen-bond acceptors (Lipinski definition) is 4. The molecule has 0 aliphatic carbocycles. The van der Waals surface area contributed by atoms with Crippen LogP contribution in [0.4, 0.5) is 4.39 Å². The molecule has 0 spiro atoms. The lowest BCUT2D eigenvalue weighted by atomic mass is 10.1. The highest BCUT2D eigenvalue weighted by Crippen LogP contribution is 2.26. The molecule has 4 nitrogen and oxygen atoms in total. The lowest BCUT2D eigenvalue weighted by Crippen LogP contribution is -2.32. The van der Waals surface area contributed by atoms with E-state index < -0.39 is 0 Å². The van der Waals surface area contributed by atoms with Crippen LogP contribution in [0.15, 0.2) is 18.2 Å². The maximum absolute atomic E-state index is 13.8. The van der Waals surface area contributed by atoms with E-state index in [-0.39, 0.29) is 31.0 Å². The molecule has 0 aromatic heterocycles. The van der Waals surface area contributed by atoms with Gasteiger partial charge < -0.3 is 14.9 Å². The van der Waals surface area contributed by atoms with Crippen molar-refractivity contribution in [3.8, 4) is 5.75 Å². The molecule has 5 heteroatoms. The number of nitrogens with zero attached hydrogens (tertiary/aromatic N) is 1. The molecule has 1 saturated heterocycles. The number of benzene rings is 1. The molecular weight excluding hydrogens is 249 g/mol. The minimum absolute atomic E-state index is 0.0113. The van der Waals surface area contributed by atoms with Crippen LogP contribution in [-0.4, -0.2) is 48.0 Å². The smallest absolute Gasteiger partial charge is 0.127 e. The Hall–Kier alpha value is -1.17. The minimum atomic E-state index is -0.273. The Labute approximate surface area is 112 Å². The van der Waals surface area contributed by atoms with E-state index in [1.165, 1.54) is 6.07 Å². The highest BCUT2D eigenvalue weighted by molar-refractivity contribution is 5.29. The fraction of sp³-hybridized carbons (Fsp3) is 0.571. The van der Waals surface area contributed by atoms with Gasteiger partial charge in [0.05, 0.1) is 13.7 Å². The van der Waals surface area contributed by atoms with Crippen molar-refractivity contribution < 1.29 is 19.3 Å². The highest BCUT2D eigenvalue weighted by atomic mass is 19.1. The average molecular weight is 269 g/mol. The summed E-state index contributed by atoms with van der Waals surface area (Å²) in [5, 5.41) is 18.6. The molecule has 0 bridgehead atoms. The summed E-state index contributed by atoms with van der Waals surface area (Å²) in [6.45, 7) is 1.23. The number of likely N-dealkylation sites (tertiary alicyclic amines) is 1. The predicted octanol–water partition coefficient (Wildman–Crippen LogP) is 1.01. The van der Waals surface area contributed by atoms with Crippen LogP contribution >= 0.6 is 0 Å². The summed E-state index contributed by atoms with van der Waals surface area (Å²) in [6, 6.07) is 4.64. The number of aliphatic hydroxyl groups is 2. The van der Waals surface area contributed by atoms with Crippen molar-refractivity contribution >= 4 is 0 Å². The van der Waals surface area contributed by atoms with E-state index in [1.54, 1.807) is 19.2 Å². The highest BCUT2D eigenvalue weighted by Gasteiger charge is 2.31. The molecule has 2 unspecified atom stereocenters. The number of rotatable bonds is 5. The zero-order valence-corrected chi connectivity index (χ0v) is 11.1. The average Bonchev–Trinajstić information content (AvgIpc) is 2.83. The third kappa shape index (κ3) is 3.23. The summed E-state index contributed by atoms with van der Waals surface area (Å²) < 4.78 is 18.9. The minimum Gasteiger partial charge on any atom is -0.497 e. The molecule has 2 N–H and O–H groups in total. The Morgan fingerprint density at radius 1 is 1.37 bits per heavy atom. The van der Waals surface area contributed by atoms with Crippen molar-refractivity contribution in [3.63, 3.8) is 0 Å². The molecular formula is C14H20FNO3. The second-order valence-corrected chi connectivity index (χ2v) is 5.01. The summed E-state index contributed by atoms with van der Waals surface area (Å²) in [5.41, 5.74) is 0.552. The first kappa shape index (κ1) is 14.2. The van der Waals surface area contributed by atoms with Gasteiger partial charge in [-0.1, -0.05) is 0 Å². The number of methoxy groups -OCH3 is 1. The Morgan fingerprint density at radius 3 is 2.79 bits per heavy atom. The molecule has 2 rings (SSSR count). The zero-order chi connectivity index (χ0) is 13.8. The topological polar surface area (TPSA) is 52.9 Å². The Kier molecular flexibility index (Phi) is 4.74. The van der Waals surface area contributed by atoms with Crippen molar-refractivity contribution in [3.05, 3.63) is 29.6 Å². The molecule has 19 heavy (non-hydrogen) atoms. The van der Waals surface area contributed by atoms with Crippen LogP contribution in [-0.2, 0) is 6.54 Å². The Morgan fingerprint density at radius 2 is 2.16 bits per heavy atom. The molecule has 1 aromatic rings. The molecule has 1 aliphatic heterocycles. The fourth-order valence-electron chi connectivity index (χ4n) is 2.62. The molecule has 1 heterocycles. The van der Waals surface area contributed by atoms with E-state index in [0.717, 1.165) is 6.42 Å². The second-order valence-electron chi connectivity index (χ2n) is 5.01. The molecule has 1 aromatic carbocycles. The van der Waals surface area contributed by atoms with Gasteiger partial charge in [0.15, 0.2) is 0 Å². The second kappa shape index (κ2) is 6.32. The Balaban J connectivity index is 2.11. The van der Waals surface area contributed by atoms with Crippen molar-refractivity contribution in [1.29, 1.82) is 0 Å². The maximum Gasteiger partial charge on any atom is 0.127 e. The predicted molar refractivity (Wildman–Crippen MR) is 69.4 cm³/mol. The molecule has 0 saturated carbocycles. The molecule has 0 radical (unpaired) electrons. The normalized spacial score (nSPS) is 23.8. The van der Waals surface area contributed by atoms with Gasteiger partial charge in [-0.15, -0.1) is 0 Å². The molecule has 106 valence electrons. The van der Waals surface area contributed by atoms with Crippen LogP contribution in [0.3, 0.4) is 0 Å². The molecule has 2 atom stereocenters. The molecule has 1 fully saturated rings. The number of aliphatic hydroxyl groups excluding tert-OH is 2. The third-order valence-corrected chi connectivity index (χ3v) is 3.71. The van der Waals surface area contributed by atoms with Crippen molar-refractivity contribution in [2.45, 2.75) is 19.0 Å². The van der Waals surface area contributed by atoms with Crippen LogP contribution in [0.5, 0.6) is 5.75 Å². The van der Waals surface area contributed by atoms with E-state index in [1.807, 2.05) is 4.90 Å². The van der Waals surface area contributed by atoms with Crippen molar-refractivity contribution in [2.24, 2.45) is 5.92 Å². The van der Waals surface area contributed by atoms with Crippen LogP contribution in [0.2, 0.25) is 0 Å². The van der Waals surface area contributed by atoms with Crippen LogP contribution in [0, 0.1) is 11.7 Å². The summed E-state index contributed by atoms with van der Waals surface area (Å²) in [4.78, 5) is 2.01. The number of ether oxygens (including phenoxy) is 1. The van der Waals surface area contributed by atoms with E-state index in [9.17, 15) is 14.6 Å². The first-order valence-electron chi connectivity index (χ1n) is 6.46. The van der Waals surface area contributed by atoms with Gasteiger partial charge in [0.1, 0.15) is 11.6 Å². The SMILES string of the molecule is COc1ccc(F)c(CN2CC(CO)CC2CO)c1. The van der Waals surface area contributed by atoms with Gasteiger partial charge in [0.2, 0.25) is 0 Å². The molecule has 0 amide bonds. The zero-order valence-electron chi connectivity index (χ0n) is 11.1. The summed E-state index contributed by atoms with van der Waals surface area (Å²) >= 11 is 0. The van der Waals surface area contributed by atoms with Gasteiger partial charge >= 0.3 is 0 Å². The summed E-state index contributed by atoms with van der Waals surface area (Å²) in [5.74, 6) is 0.505. The third-order valence-electron chi connectivity index (χ3n) is 3.71. The lowest BCUT2D eigenvalue weighted by Gasteiger charge is -2.23. The van der Waals surface area contributed by atoms with Crippen LogP contribution < -0.4 is 4.74 Å². The monoisotopic (exact) mass is 269 g/mol. The first-order valence-corrected chi connectivity index (χ1v) is 6.46. The number of halogens is 1. The van der Waals surface area contributed by atoms with Gasteiger partial charge in [-0.3, -0.25) is 4.90 Å². The maximum atomic E-state index is 13.8. The van der Waals surface area contributed by atoms with E-state index >= 15 is 0 Å². The van der Waals surface area contributed by atoms with E-state index in [2.05, 4.69) is 0 Å². The van der Waals surface area contributed by atoms with Crippen LogP contribution in [0.25, 0.3) is 0 Å². The first-order chi connectivity index (χ1) is 9.17. The quantitative estimate of drug-likeness (QED) is 0.837. The van der Waals surface area contributed by atoms with Crippen molar-refractivity contribution in [2.75, 3.05) is 26.9 Å². The van der Waals surface area contributed by atoms with Gasteiger partial charge in [0, 0.05) is 31.3 Å². The van der Waals surface area contributed by atoms with Gasteiger partial charge in [-0.2, -0.15) is 0 Å². The lowest BCUT2D eigenvalue weighted by molar-refractivity contribution is 0.151. The standard InChI is InChI=1S/C14H20FNO3/c1-19-13-2-3-14(15)11(5-13)7-16-6-10(8-17)4-12(16)9-18/h2-3,5,10,12,17-18H,4,6-9H2,1H3. The number of hydrogen-bond donors (Lipinski definition) is 2. The van der Waals surface area contributed by atoms with E-state index in [0.29, 0.717) is 24.4 Å². The van der Waals surface area contributed by atoms with Crippen molar-refractivity contribution in [1.82, 2.24) is 4.90 Å². The largest absolute Gasteiger partial charge is 0.497 e. The van der Waals surface area contributed by atoms with E-state index in [4.69, 9.17) is 4.74 Å². The van der Waals surface area contributed by atoms with Crippen LogP contribution in [0.1, 0.15) is 12.0 Å². The van der Waals surface area contributed by atoms with Gasteiger partial charge in [0.25, 0.3) is 0 Å². The summed E-state index contributed by atoms with van der Waals surface area (Å²) in [7, 11) is 1.55. The van der Waals surface area contributed by atoms with Gasteiger partial charge in [-0.05, 0) is 30.5 Å².